The van der Waals surface area contributed by atoms with Crippen molar-refractivity contribution in [2.75, 3.05) is 13.1 Å². The second kappa shape index (κ2) is 6.93. The minimum absolute atomic E-state index is 0.0523. The minimum atomic E-state index is -0.450. The molecule has 3 heterocycles. The first kappa shape index (κ1) is 18.2. The van der Waals surface area contributed by atoms with Crippen LogP contribution in [0.15, 0.2) is 16.7 Å². The number of aromatic nitrogens is 3. The van der Waals surface area contributed by atoms with Gasteiger partial charge in [0.05, 0.1) is 23.3 Å². The third kappa shape index (κ3) is 3.79. The zero-order valence-corrected chi connectivity index (χ0v) is 15.7. The van der Waals surface area contributed by atoms with Gasteiger partial charge in [0.25, 0.3) is 5.91 Å². The summed E-state index contributed by atoms with van der Waals surface area (Å²) in [5, 5.41) is 11.2. The monoisotopic (exact) mass is 359 g/mol. The fourth-order valence-corrected chi connectivity index (χ4v) is 3.34. The Morgan fingerprint density at radius 3 is 2.77 bits per heavy atom. The number of carbonyl (C=O) groups excluding carboxylic acids is 2. The van der Waals surface area contributed by atoms with Gasteiger partial charge >= 0.3 is 0 Å². The van der Waals surface area contributed by atoms with Crippen LogP contribution in [0.4, 0.5) is 0 Å². The molecule has 8 heteroatoms. The van der Waals surface area contributed by atoms with Crippen molar-refractivity contribution in [2.45, 2.75) is 45.6 Å². The molecule has 0 spiro atoms. The SMILES string of the molecule is CCc1cc(C(=O)N2CCC(C)(NC(=O)Cc3cc(C)no3)C2)n(C)n1. The van der Waals surface area contributed by atoms with Gasteiger partial charge in [-0.15, -0.1) is 0 Å². The molecule has 0 aliphatic carbocycles. The van der Waals surface area contributed by atoms with E-state index in [0.29, 0.717) is 31.0 Å². The van der Waals surface area contributed by atoms with E-state index in [1.165, 1.54) is 0 Å². The molecule has 1 aliphatic rings. The molecular formula is C18H25N5O3. The molecule has 2 aromatic rings. The van der Waals surface area contributed by atoms with Gasteiger partial charge in [0.15, 0.2) is 0 Å². The average molecular weight is 359 g/mol. The Kier molecular flexibility index (Phi) is 4.84. The number of aryl methyl sites for hydroxylation is 3. The molecule has 26 heavy (non-hydrogen) atoms. The highest BCUT2D eigenvalue weighted by Gasteiger charge is 2.38. The molecule has 0 radical (unpaired) electrons. The lowest BCUT2D eigenvalue weighted by Gasteiger charge is -2.26. The van der Waals surface area contributed by atoms with Crippen LogP contribution in [0.1, 0.15) is 47.9 Å². The Morgan fingerprint density at radius 2 is 2.15 bits per heavy atom. The highest BCUT2D eigenvalue weighted by molar-refractivity contribution is 5.93. The number of carbonyl (C=O) groups is 2. The third-order valence-electron chi connectivity index (χ3n) is 4.73. The van der Waals surface area contributed by atoms with Crippen LogP contribution in [0, 0.1) is 6.92 Å². The van der Waals surface area contributed by atoms with Crippen molar-refractivity contribution in [2.24, 2.45) is 7.05 Å². The Bertz CT molecular complexity index is 825. The van der Waals surface area contributed by atoms with E-state index in [0.717, 1.165) is 17.8 Å². The van der Waals surface area contributed by atoms with Gasteiger partial charge in [-0.25, -0.2) is 0 Å². The summed E-state index contributed by atoms with van der Waals surface area (Å²) in [5.41, 5.74) is 1.77. The van der Waals surface area contributed by atoms with Crippen molar-refractivity contribution in [3.8, 4) is 0 Å². The minimum Gasteiger partial charge on any atom is -0.361 e. The number of nitrogens with zero attached hydrogens (tertiary/aromatic N) is 4. The number of rotatable bonds is 5. The molecule has 0 aromatic carbocycles. The average Bonchev–Trinajstić information content (AvgIpc) is 3.26. The number of nitrogens with one attached hydrogen (secondary N) is 1. The van der Waals surface area contributed by atoms with Crippen LogP contribution >= 0.6 is 0 Å². The molecule has 8 nitrogen and oxygen atoms in total. The maximum atomic E-state index is 12.8. The van der Waals surface area contributed by atoms with E-state index < -0.39 is 5.54 Å². The van der Waals surface area contributed by atoms with Gasteiger partial charge in [-0.1, -0.05) is 12.1 Å². The van der Waals surface area contributed by atoms with Gasteiger partial charge in [0.2, 0.25) is 5.91 Å². The summed E-state index contributed by atoms with van der Waals surface area (Å²) >= 11 is 0. The molecule has 1 aliphatic heterocycles. The number of hydrogen-bond acceptors (Lipinski definition) is 5. The predicted octanol–water partition coefficient (Wildman–Crippen LogP) is 1.24. The molecule has 1 fully saturated rings. The maximum absolute atomic E-state index is 12.8. The normalized spacial score (nSPS) is 19.8. The van der Waals surface area contributed by atoms with Crippen molar-refractivity contribution in [1.29, 1.82) is 0 Å². The van der Waals surface area contributed by atoms with E-state index in [-0.39, 0.29) is 18.2 Å². The van der Waals surface area contributed by atoms with Crippen molar-refractivity contribution in [3.63, 3.8) is 0 Å². The van der Waals surface area contributed by atoms with E-state index in [2.05, 4.69) is 15.6 Å². The molecule has 140 valence electrons. The Hall–Kier alpha value is -2.64. The Labute approximate surface area is 152 Å². The molecule has 0 bridgehead atoms. The first-order chi connectivity index (χ1) is 12.3. The molecule has 1 saturated heterocycles. The van der Waals surface area contributed by atoms with Gasteiger partial charge in [-0.3, -0.25) is 14.3 Å². The lowest BCUT2D eigenvalue weighted by molar-refractivity contribution is -0.122. The lowest BCUT2D eigenvalue weighted by Crippen LogP contribution is -2.49. The number of likely N-dealkylation sites (tertiary alicyclic amines) is 1. The molecule has 2 amide bonds. The molecule has 0 saturated carbocycles. The standard InChI is InChI=1S/C18H25N5O3/c1-5-13-9-15(22(4)20-13)17(25)23-7-6-18(3,11-23)19-16(24)10-14-8-12(2)21-26-14/h8-9H,5-7,10-11H2,1-4H3,(H,19,24). The van der Waals surface area contributed by atoms with Crippen molar-refractivity contribution < 1.29 is 14.1 Å². The quantitative estimate of drug-likeness (QED) is 0.867. The van der Waals surface area contributed by atoms with Crippen LogP contribution in [0.5, 0.6) is 0 Å². The van der Waals surface area contributed by atoms with Gasteiger partial charge in [0, 0.05) is 26.2 Å². The van der Waals surface area contributed by atoms with Crippen molar-refractivity contribution >= 4 is 11.8 Å². The molecule has 1 N–H and O–H groups in total. The summed E-state index contributed by atoms with van der Waals surface area (Å²) in [4.78, 5) is 26.9. The number of amides is 2. The van der Waals surface area contributed by atoms with E-state index >= 15 is 0 Å². The largest absolute Gasteiger partial charge is 0.361 e. The molecule has 1 atom stereocenters. The summed E-state index contributed by atoms with van der Waals surface area (Å²) in [6.07, 6.45) is 1.64. The highest BCUT2D eigenvalue weighted by atomic mass is 16.5. The fraction of sp³-hybridized carbons (Fsp3) is 0.556. The number of hydrogen-bond donors (Lipinski definition) is 1. The first-order valence-electron chi connectivity index (χ1n) is 8.85. The van der Waals surface area contributed by atoms with Crippen LogP contribution in [-0.2, 0) is 24.7 Å². The van der Waals surface area contributed by atoms with Crippen molar-refractivity contribution in [1.82, 2.24) is 25.2 Å². The van der Waals surface area contributed by atoms with Gasteiger partial charge in [0.1, 0.15) is 11.5 Å². The summed E-state index contributed by atoms with van der Waals surface area (Å²) in [6, 6.07) is 3.59. The van der Waals surface area contributed by atoms with Gasteiger partial charge in [-0.05, 0) is 32.8 Å². The Morgan fingerprint density at radius 1 is 1.38 bits per heavy atom. The van der Waals surface area contributed by atoms with Gasteiger partial charge < -0.3 is 14.7 Å². The van der Waals surface area contributed by atoms with Crippen LogP contribution in [-0.4, -0.2) is 50.3 Å². The zero-order chi connectivity index (χ0) is 18.9. The maximum Gasteiger partial charge on any atom is 0.272 e. The predicted molar refractivity (Wildman–Crippen MR) is 94.6 cm³/mol. The zero-order valence-electron chi connectivity index (χ0n) is 15.7. The summed E-state index contributed by atoms with van der Waals surface area (Å²) in [7, 11) is 1.78. The van der Waals surface area contributed by atoms with Gasteiger partial charge in [-0.2, -0.15) is 5.10 Å². The van der Waals surface area contributed by atoms with Crippen LogP contribution < -0.4 is 5.32 Å². The Balaban J connectivity index is 1.61. The van der Waals surface area contributed by atoms with Crippen LogP contribution in [0.2, 0.25) is 0 Å². The topological polar surface area (TPSA) is 93.3 Å². The summed E-state index contributed by atoms with van der Waals surface area (Å²) < 4.78 is 6.72. The molecule has 3 rings (SSSR count). The molecular weight excluding hydrogens is 334 g/mol. The summed E-state index contributed by atoms with van der Waals surface area (Å²) in [6.45, 7) is 6.86. The second-order valence-electron chi connectivity index (χ2n) is 7.20. The molecule has 1 unspecified atom stereocenters. The molecule has 2 aromatic heterocycles. The van der Waals surface area contributed by atoms with E-state index in [1.807, 2.05) is 26.8 Å². The summed E-state index contributed by atoms with van der Waals surface area (Å²) in [5.74, 6) is 0.354. The van der Waals surface area contributed by atoms with Crippen LogP contribution in [0.25, 0.3) is 0 Å². The van der Waals surface area contributed by atoms with E-state index in [4.69, 9.17) is 4.52 Å². The van der Waals surface area contributed by atoms with E-state index in [9.17, 15) is 9.59 Å². The second-order valence-corrected chi connectivity index (χ2v) is 7.20. The third-order valence-corrected chi connectivity index (χ3v) is 4.73. The smallest absolute Gasteiger partial charge is 0.272 e. The van der Waals surface area contributed by atoms with Crippen molar-refractivity contribution in [3.05, 3.63) is 35.0 Å². The van der Waals surface area contributed by atoms with Crippen LogP contribution in [0.3, 0.4) is 0 Å². The fourth-order valence-electron chi connectivity index (χ4n) is 3.34. The van der Waals surface area contributed by atoms with E-state index in [1.54, 1.807) is 22.7 Å². The first-order valence-corrected chi connectivity index (χ1v) is 8.85. The lowest BCUT2D eigenvalue weighted by atomic mass is 10.0. The highest BCUT2D eigenvalue weighted by Crippen LogP contribution is 2.23.